The van der Waals surface area contributed by atoms with Gasteiger partial charge in [0.25, 0.3) is 0 Å². The summed E-state index contributed by atoms with van der Waals surface area (Å²) in [5.74, 6) is 2.03. The van der Waals surface area contributed by atoms with Crippen molar-refractivity contribution >= 4 is 27.6 Å². The van der Waals surface area contributed by atoms with Crippen LogP contribution in [0, 0.1) is 6.92 Å². The molecule has 0 amide bonds. The summed E-state index contributed by atoms with van der Waals surface area (Å²) in [6.07, 6.45) is 5.97. The second kappa shape index (κ2) is 6.43. The number of aromatic nitrogens is 2. The summed E-state index contributed by atoms with van der Waals surface area (Å²) in [5.41, 5.74) is 1.21. The first kappa shape index (κ1) is 14.3. The second-order valence-corrected chi connectivity index (χ2v) is 6.38. The molecule has 110 valence electrons. The Morgan fingerprint density at radius 1 is 1.10 bits per heavy atom. The molecule has 5 heteroatoms. The Labute approximate surface area is 133 Å². The predicted octanol–water partition coefficient (Wildman–Crippen LogP) is 3.63. The average molecular weight is 347 g/mol. The van der Waals surface area contributed by atoms with E-state index in [1.165, 1.54) is 5.56 Å². The minimum absolute atomic E-state index is 0.486. The maximum atomic E-state index is 4.51. The zero-order valence-corrected chi connectivity index (χ0v) is 13.7. The van der Waals surface area contributed by atoms with Crippen molar-refractivity contribution in [3.63, 3.8) is 0 Å². The highest BCUT2D eigenvalue weighted by molar-refractivity contribution is 9.10. The van der Waals surface area contributed by atoms with Crippen molar-refractivity contribution in [3.05, 3.63) is 46.7 Å². The minimum Gasteiger partial charge on any atom is -0.367 e. The van der Waals surface area contributed by atoms with Gasteiger partial charge in [-0.15, -0.1) is 0 Å². The van der Waals surface area contributed by atoms with Crippen LogP contribution < -0.4 is 10.2 Å². The van der Waals surface area contributed by atoms with Gasteiger partial charge in [0.05, 0.1) is 0 Å². The van der Waals surface area contributed by atoms with Crippen molar-refractivity contribution in [1.29, 1.82) is 0 Å². The third-order valence-corrected chi connectivity index (χ3v) is 4.26. The number of aryl methyl sites for hydroxylation is 1. The molecule has 0 aliphatic carbocycles. The van der Waals surface area contributed by atoms with Crippen molar-refractivity contribution in [2.24, 2.45) is 0 Å². The standard InChI is InChI=1S/C16H19BrN4/c1-12-2-5-16(19-10-12)21-8-6-14(7-9-21)20-15-4-3-13(17)11-18-15/h2-5,10-11,14H,6-9H2,1H3,(H,18,20). The van der Waals surface area contributed by atoms with Gasteiger partial charge in [0.15, 0.2) is 0 Å². The summed E-state index contributed by atoms with van der Waals surface area (Å²) in [4.78, 5) is 11.2. The highest BCUT2D eigenvalue weighted by Crippen LogP contribution is 2.20. The quantitative estimate of drug-likeness (QED) is 0.921. The molecule has 2 aromatic heterocycles. The molecule has 3 heterocycles. The van der Waals surface area contributed by atoms with Gasteiger partial charge in [0.2, 0.25) is 0 Å². The summed E-state index contributed by atoms with van der Waals surface area (Å²) < 4.78 is 1.01. The van der Waals surface area contributed by atoms with E-state index < -0.39 is 0 Å². The van der Waals surface area contributed by atoms with Crippen LogP contribution in [-0.2, 0) is 0 Å². The van der Waals surface area contributed by atoms with E-state index >= 15 is 0 Å². The smallest absolute Gasteiger partial charge is 0.128 e. The first-order valence-corrected chi connectivity index (χ1v) is 8.06. The van der Waals surface area contributed by atoms with Crippen LogP contribution in [0.25, 0.3) is 0 Å². The molecule has 1 fully saturated rings. The highest BCUT2D eigenvalue weighted by atomic mass is 79.9. The number of pyridine rings is 2. The molecule has 1 aliphatic heterocycles. The van der Waals surface area contributed by atoms with E-state index in [0.29, 0.717) is 6.04 Å². The van der Waals surface area contributed by atoms with Crippen LogP contribution in [0.5, 0.6) is 0 Å². The van der Waals surface area contributed by atoms with E-state index in [4.69, 9.17) is 0 Å². The Balaban J connectivity index is 1.55. The molecule has 0 bridgehead atoms. The van der Waals surface area contributed by atoms with Gasteiger partial charge in [-0.25, -0.2) is 9.97 Å². The summed E-state index contributed by atoms with van der Waals surface area (Å²) in [5, 5.41) is 3.51. The Kier molecular flexibility index (Phi) is 4.39. The molecule has 1 N–H and O–H groups in total. The molecule has 0 saturated carbocycles. The predicted molar refractivity (Wildman–Crippen MR) is 89.8 cm³/mol. The lowest BCUT2D eigenvalue weighted by molar-refractivity contribution is 0.522. The molecular formula is C16H19BrN4. The van der Waals surface area contributed by atoms with Crippen LogP contribution in [0.3, 0.4) is 0 Å². The average Bonchev–Trinajstić information content (AvgIpc) is 2.51. The maximum absolute atomic E-state index is 4.51. The van der Waals surface area contributed by atoms with Crippen LogP contribution >= 0.6 is 15.9 Å². The molecule has 0 spiro atoms. The van der Waals surface area contributed by atoms with Crippen molar-refractivity contribution < 1.29 is 0 Å². The van der Waals surface area contributed by atoms with Gasteiger partial charge in [-0.3, -0.25) is 0 Å². The fourth-order valence-corrected chi connectivity index (χ4v) is 2.80. The van der Waals surface area contributed by atoms with Crippen molar-refractivity contribution in [2.45, 2.75) is 25.8 Å². The Morgan fingerprint density at radius 3 is 2.52 bits per heavy atom. The lowest BCUT2D eigenvalue weighted by Crippen LogP contribution is -2.39. The zero-order chi connectivity index (χ0) is 14.7. The van der Waals surface area contributed by atoms with Gasteiger partial charge in [-0.05, 0) is 59.5 Å². The Morgan fingerprint density at radius 2 is 1.90 bits per heavy atom. The van der Waals surface area contributed by atoms with E-state index in [-0.39, 0.29) is 0 Å². The molecule has 4 nitrogen and oxygen atoms in total. The van der Waals surface area contributed by atoms with Crippen molar-refractivity contribution in [2.75, 3.05) is 23.3 Å². The largest absolute Gasteiger partial charge is 0.367 e. The monoisotopic (exact) mass is 346 g/mol. The zero-order valence-electron chi connectivity index (χ0n) is 12.1. The van der Waals surface area contributed by atoms with Crippen molar-refractivity contribution in [3.8, 4) is 0 Å². The van der Waals surface area contributed by atoms with E-state index in [2.05, 4.69) is 55.2 Å². The van der Waals surface area contributed by atoms with Gasteiger partial charge in [0.1, 0.15) is 11.6 Å². The van der Waals surface area contributed by atoms with Gasteiger partial charge in [-0.1, -0.05) is 6.07 Å². The van der Waals surface area contributed by atoms with Gasteiger partial charge in [-0.2, -0.15) is 0 Å². The SMILES string of the molecule is Cc1ccc(N2CCC(Nc3ccc(Br)cn3)CC2)nc1. The number of anilines is 2. The minimum atomic E-state index is 0.486. The summed E-state index contributed by atoms with van der Waals surface area (Å²) in [7, 11) is 0. The van der Waals surface area contributed by atoms with Crippen LogP contribution in [-0.4, -0.2) is 29.1 Å². The van der Waals surface area contributed by atoms with Gasteiger partial charge < -0.3 is 10.2 Å². The number of hydrogen-bond acceptors (Lipinski definition) is 4. The molecule has 3 rings (SSSR count). The topological polar surface area (TPSA) is 41.0 Å². The molecule has 0 aromatic carbocycles. The highest BCUT2D eigenvalue weighted by Gasteiger charge is 2.20. The molecule has 1 aliphatic rings. The Bertz CT molecular complexity index is 574. The number of hydrogen-bond donors (Lipinski definition) is 1. The van der Waals surface area contributed by atoms with Crippen LogP contribution in [0.2, 0.25) is 0 Å². The number of nitrogens with one attached hydrogen (secondary N) is 1. The van der Waals surface area contributed by atoms with Crippen molar-refractivity contribution in [1.82, 2.24) is 9.97 Å². The molecule has 21 heavy (non-hydrogen) atoms. The van der Waals surface area contributed by atoms with E-state index in [1.807, 2.05) is 24.5 Å². The number of halogens is 1. The van der Waals surface area contributed by atoms with Crippen LogP contribution in [0.15, 0.2) is 41.1 Å². The fraction of sp³-hybridized carbons (Fsp3) is 0.375. The molecule has 0 atom stereocenters. The van der Waals surface area contributed by atoms with E-state index in [1.54, 1.807) is 0 Å². The normalized spacial score (nSPS) is 16.0. The molecular weight excluding hydrogens is 328 g/mol. The summed E-state index contributed by atoms with van der Waals surface area (Å²) in [6, 6.07) is 8.75. The molecule has 0 radical (unpaired) electrons. The van der Waals surface area contributed by atoms with E-state index in [9.17, 15) is 0 Å². The third kappa shape index (κ3) is 3.73. The Hall–Kier alpha value is -1.62. The molecule has 2 aromatic rings. The second-order valence-electron chi connectivity index (χ2n) is 5.46. The summed E-state index contributed by atoms with van der Waals surface area (Å²) >= 11 is 3.41. The number of nitrogens with zero attached hydrogens (tertiary/aromatic N) is 3. The lowest BCUT2D eigenvalue weighted by atomic mass is 10.0. The summed E-state index contributed by atoms with van der Waals surface area (Å²) in [6.45, 7) is 4.13. The first-order valence-electron chi connectivity index (χ1n) is 7.26. The van der Waals surface area contributed by atoms with Crippen LogP contribution in [0.4, 0.5) is 11.6 Å². The van der Waals surface area contributed by atoms with E-state index in [0.717, 1.165) is 42.0 Å². The number of rotatable bonds is 3. The molecule has 0 unspecified atom stereocenters. The van der Waals surface area contributed by atoms with Crippen LogP contribution in [0.1, 0.15) is 18.4 Å². The molecule has 1 saturated heterocycles. The van der Waals surface area contributed by atoms with Gasteiger partial charge >= 0.3 is 0 Å². The first-order chi connectivity index (χ1) is 10.2. The lowest BCUT2D eigenvalue weighted by Gasteiger charge is -2.33. The fourth-order valence-electron chi connectivity index (χ4n) is 2.57. The number of piperidine rings is 1. The third-order valence-electron chi connectivity index (χ3n) is 3.79. The maximum Gasteiger partial charge on any atom is 0.128 e. The van der Waals surface area contributed by atoms with Gasteiger partial charge in [0, 0.05) is 36.0 Å².